The number of piperidine rings is 1. The smallest absolute Gasteiger partial charge is 0.168 e. The van der Waals surface area contributed by atoms with Gasteiger partial charge >= 0.3 is 0 Å². The van der Waals surface area contributed by atoms with Crippen LogP contribution >= 0.6 is 0 Å². The summed E-state index contributed by atoms with van der Waals surface area (Å²) < 4.78 is 5.15. The van der Waals surface area contributed by atoms with Crippen LogP contribution in [-0.4, -0.2) is 37.9 Å². The number of methoxy groups -OCH3 is 1. The van der Waals surface area contributed by atoms with Gasteiger partial charge in [-0.15, -0.1) is 0 Å². The second-order valence-corrected chi connectivity index (χ2v) is 4.86. The summed E-state index contributed by atoms with van der Waals surface area (Å²) in [5.74, 6) is 0.823. The Balaban J connectivity index is 2.18. The normalized spacial score (nSPS) is 17.7. The van der Waals surface area contributed by atoms with Crippen molar-refractivity contribution in [2.45, 2.75) is 12.8 Å². The molecular formula is C14H20N2O2. The van der Waals surface area contributed by atoms with Gasteiger partial charge in [-0.2, -0.15) is 0 Å². The van der Waals surface area contributed by atoms with Crippen molar-refractivity contribution in [1.82, 2.24) is 4.90 Å². The number of ketones is 1. The molecule has 0 aromatic heterocycles. The molecule has 0 amide bonds. The van der Waals surface area contributed by atoms with Crippen LogP contribution in [0.5, 0.6) is 5.75 Å². The van der Waals surface area contributed by atoms with Crippen LogP contribution in [0.25, 0.3) is 0 Å². The molecule has 1 aromatic rings. The van der Waals surface area contributed by atoms with E-state index in [4.69, 9.17) is 10.5 Å². The number of benzene rings is 1. The SMILES string of the molecule is COc1cccc(C(=O)C2CCN(C)CC2)c1N. The van der Waals surface area contributed by atoms with Crippen LogP contribution < -0.4 is 10.5 Å². The van der Waals surface area contributed by atoms with Gasteiger partial charge in [0.1, 0.15) is 5.75 Å². The van der Waals surface area contributed by atoms with Crippen molar-refractivity contribution in [3.8, 4) is 5.75 Å². The summed E-state index contributed by atoms with van der Waals surface area (Å²) in [6.07, 6.45) is 1.82. The Labute approximate surface area is 108 Å². The summed E-state index contributed by atoms with van der Waals surface area (Å²) >= 11 is 0. The molecule has 0 aliphatic carbocycles. The third-order valence-electron chi connectivity index (χ3n) is 3.64. The first kappa shape index (κ1) is 12.9. The number of anilines is 1. The molecule has 1 fully saturated rings. The first-order valence-corrected chi connectivity index (χ1v) is 6.28. The minimum atomic E-state index is 0.0932. The van der Waals surface area contributed by atoms with Crippen molar-refractivity contribution in [2.75, 3.05) is 33.0 Å². The highest BCUT2D eigenvalue weighted by atomic mass is 16.5. The lowest BCUT2D eigenvalue weighted by atomic mass is 9.88. The van der Waals surface area contributed by atoms with Crippen molar-refractivity contribution >= 4 is 11.5 Å². The summed E-state index contributed by atoms with van der Waals surface area (Å²) in [6.45, 7) is 1.94. The minimum Gasteiger partial charge on any atom is -0.495 e. The van der Waals surface area contributed by atoms with Crippen LogP contribution in [0, 0.1) is 5.92 Å². The van der Waals surface area contributed by atoms with E-state index in [-0.39, 0.29) is 11.7 Å². The second-order valence-electron chi connectivity index (χ2n) is 4.86. The molecule has 0 radical (unpaired) electrons. The predicted molar refractivity (Wildman–Crippen MR) is 72.0 cm³/mol. The number of rotatable bonds is 3. The molecule has 0 unspecified atom stereocenters. The summed E-state index contributed by atoms with van der Waals surface area (Å²) in [5.41, 5.74) is 7.04. The van der Waals surface area contributed by atoms with Gasteiger partial charge in [-0.05, 0) is 45.1 Å². The van der Waals surface area contributed by atoms with Crippen molar-refractivity contribution in [1.29, 1.82) is 0 Å². The van der Waals surface area contributed by atoms with Gasteiger partial charge in [0.2, 0.25) is 0 Å². The number of ether oxygens (including phenoxy) is 1. The number of carbonyl (C=O) groups is 1. The molecule has 98 valence electrons. The molecule has 4 heteroatoms. The average Bonchev–Trinajstić information content (AvgIpc) is 2.39. The van der Waals surface area contributed by atoms with Crippen LogP contribution in [-0.2, 0) is 0 Å². The first-order valence-electron chi connectivity index (χ1n) is 6.28. The third-order valence-corrected chi connectivity index (χ3v) is 3.64. The Morgan fingerprint density at radius 3 is 2.67 bits per heavy atom. The van der Waals surface area contributed by atoms with E-state index >= 15 is 0 Å². The lowest BCUT2D eigenvalue weighted by molar-refractivity contribution is 0.0857. The van der Waals surface area contributed by atoms with E-state index in [1.54, 1.807) is 19.2 Å². The third kappa shape index (κ3) is 2.48. The topological polar surface area (TPSA) is 55.6 Å². The molecule has 2 N–H and O–H groups in total. The maximum atomic E-state index is 12.4. The average molecular weight is 248 g/mol. The minimum absolute atomic E-state index is 0.0932. The number of nitrogen functional groups attached to an aromatic ring is 1. The Morgan fingerprint density at radius 1 is 1.39 bits per heavy atom. The number of Topliss-reactive ketones (excluding diaryl/α,β-unsaturated/α-hetero) is 1. The van der Waals surface area contributed by atoms with Crippen molar-refractivity contribution < 1.29 is 9.53 Å². The Hall–Kier alpha value is -1.55. The maximum Gasteiger partial charge on any atom is 0.168 e. The second kappa shape index (κ2) is 5.40. The fourth-order valence-electron chi connectivity index (χ4n) is 2.43. The first-order chi connectivity index (χ1) is 8.63. The standard InChI is InChI=1S/C14H20N2O2/c1-16-8-6-10(7-9-16)14(17)11-4-3-5-12(18-2)13(11)15/h3-5,10H,6-9,15H2,1-2H3. The molecule has 1 aromatic carbocycles. The predicted octanol–water partition coefficient (Wildman–Crippen LogP) is 1.80. The van der Waals surface area contributed by atoms with Gasteiger partial charge in [-0.25, -0.2) is 0 Å². The van der Waals surface area contributed by atoms with E-state index in [1.807, 2.05) is 6.07 Å². The van der Waals surface area contributed by atoms with Crippen molar-refractivity contribution in [3.05, 3.63) is 23.8 Å². The zero-order valence-corrected chi connectivity index (χ0v) is 11.0. The number of likely N-dealkylation sites (tertiary alicyclic amines) is 1. The highest BCUT2D eigenvalue weighted by Crippen LogP contribution is 2.29. The fraction of sp³-hybridized carbons (Fsp3) is 0.500. The van der Waals surface area contributed by atoms with Gasteiger partial charge < -0.3 is 15.4 Å². The van der Waals surface area contributed by atoms with Gasteiger partial charge in [0, 0.05) is 11.5 Å². The molecule has 1 aliphatic rings. The summed E-state index contributed by atoms with van der Waals surface area (Å²) in [6, 6.07) is 5.39. The molecule has 1 aliphatic heterocycles. The van der Waals surface area contributed by atoms with Crippen LogP contribution in [0.3, 0.4) is 0 Å². The number of hydrogen-bond donors (Lipinski definition) is 1. The fourth-order valence-corrected chi connectivity index (χ4v) is 2.43. The van der Waals surface area contributed by atoms with E-state index in [0.29, 0.717) is 17.0 Å². The van der Waals surface area contributed by atoms with Gasteiger partial charge in [0.25, 0.3) is 0 Å². The van der Waals surface area contributed by atoms with Gasteiger partial charge in [-0.3, -0.25) is 4.79 Å². The van der Waals surface area contributed by atoms with Gasteiger partial charge in [-0.1, -0.05) is 6.07 Å². The van der Waals surface area contributed by atoms with Gasteiger partial charge in [0.05, 0.1) is 12.8 Å². The van der Waals surface area contributed by atoms with Crippen LogP contribution in [0.15, 0.2) is 18.2 Å². The van der Waals surface area contributed by atoms with E-state index in [0.717, 1.165) is 25.9 Å². The Kier molecular flexibility index (Phi) is 3.87. The number of para-hydroxylation sites is 1. The number of carbonyl (C=O) groups excluding carboxylic acids is 1. The molecule has 0 atom stereocenters. The van der Waals surface area contributed by atoms with Crippen LogP contribution in [0.1, 0.15) is 23.2 Å². The Morgan fingerprint density at radius 2 is 2.06 bits per heavy atom. The number of nitrogens with zero attached hydrogens (tertiary/aromatic N) is 1. The molecule has 18 heavy (non-hydrogen) atoms. The molecule has 0 saturated carbocycles. The van der Waals surface area contributed by atoms with Gasteiger partial charge in [0.15, 0.2) is 5.78 Å². The Bertz CT molecular complexity index is 437. The molecule has 1 heterocycles. The zero-order valence-electron chi connectivity index (χ0n) is 11.0. The van der Waals surface area contributed by atoms with Crippen LogP contribution in [0.4, 0.5) is 5.69 Å². The summed E-state index contributed by atoms with van der Waals surface area (Å²) in [5, 5.41) is 0. The number of nitrogens with two attached hydrogens (primary N) is 1. The largest absolute Gasteiger partial charge is 0.495 e. The van der Waals surface area contributed by atoms with E-state index in [2.05, 4.69) is 11.9 Å². The van der Waals surface area contributed by atoms with E-state index in [9.17, 15) is 4.79 Å². The molecule has 2 rings (SSSR count). The highest BCUT2D eigenvalue weighted by Gasteiger charge is 2.26. The molecule has 0 bridgehead atoms. The molecule has 4 nitrogen and oxygen atoms in total. The lowest BCUT2D eigenvalue weighted by Gasteiger charge is -2.28. The van der Waals surface area contributed by atoms with Crippen molar-refractivity contribution in [3.63, 3.8) is 0 Å². The van der Waals surface area contributed by atoms with E-state index < -0.39 is 0 Å². The lowest BCUT2D eigenvalue weighted by Crippen LogP contribution is -2.33. The van der Waals surface area contributed by atoms with Crippen molar-refractivity contribution in [2.24, 2.45) is 5.92 Å². The maximum absolute atomic E-state index is 12.4. The molecule has 1 saturated heterocycles. The summed E-state index contributed by atoms with van der Waals surface area (Å²) in [4.78, 5) is 14.7. The summed E-state index contributed by atoms with van der Waals surface area (Å²) in [7, 11) is 3.65. The molecular weight excluding hydrogens is 228 g/mol. The number of hydrogen-bond acceptors (Lipinski definition) is 4. The zero-order chi connectivity index (χ0) is 13.1. The quantitative estimate of drug-likeness (QED) is 0.654. The molecule has 0 spiro atoms. The van der Waals surface area contributed by atoms with Crippen LogP contribution in [0.2, 0.25) is 0 Å². The highest BCUT2D eigenvalue weighted by molar-refractivity contribution is 6.03. The van der Waals surface area contributed by atoms with E-state index in [1.165, 1.54) is 0 Å². The monoisotopic (exact) mass is 248 g/mol.